The molecular formula is C23H23F3N6O10. The summed E-state index contributed by atoms with van der Waals surface area (Å²) >= 11 is 0. The highest BCUT2D eigenvalue weighted by Gasteiger charge is 2.63. The van der Waals surface area contributed by atoms with Gasteiger partial charge in [0, 0.05) is 25.9 Å². The van der Waals surface area contributed by atoms with Crippen LogP contribution in [0.2, 0.25) is 0 Å². The molecular weight excluding hydrogens is 577 g/mol. The van der Waals surface area contributed by atoms with Gasteiger partial charge in [0.1, 0.15) is 36.7 Å². The van der Waals surface area contributed by atoms with E-state index in [0.717, 1.165) is 0 Å². The van der Waals surface area contributed by atoms with Gasteiger partial charge >= 0.3 is 30.2 Å². The minimum absolute atomic E-state index is 0.0278. The van der Waals surface area contributed by atoms with Crippen molar-refractivity contribution in [3.63, 3.8) is 0 Å². The first kappa shape index (κ1) is 30.3. The summed E-state index contributed by atoms with van der Waals surface area (Å²) in [4.78, 5) is 49.9. The fraction of sp³-hybridized carbons (Fsp3) is 0.522. The first-order valence-electron chi connectivity index (χ1n) is 12.3. The van der Waals surface area contributed by atoms with Crippen LogP contribution in [-0.2, 0) is 43.7 Å². The van der Waals surface area contributed by atoms with Gasteiger partial charge in [-0.3, -0.25) is 9.59 Å². The number of alkyl halides is 3. The number of nitrogen functional groups attached to an aromatic ring is 1. The average Bonchev–Trinajstić information content (AvgIpc) is 3.47. The van der Waals surface area contributed by atoms with Gasteiger partial charge in [0.2, 0.25) is 5.60 Å². The van der Waals surface area contributed by atoms with E-state index in [1.807, 2.05) is 0 Å². The van der Waals surface area contributed by atoms with E-state index in [0.29, 0.717) is 18.6 Å². The van der Waals surface area contributed by atoms with Crippen molar-refractivity contribution < 1.29 is 61.1 Å². The summed E-state index contributed by atoms with van der Waals surface area (Å²) in [6.45, 7) is 0.600. The van der Waals surface area contributed by atoms with Crippen molar-refractivity contribution in [2.75, 3.05) is 25.4 Å². The number of nitrogens with one attached hydrogen (secondary N) is 1. The van der Waals surface area contributed by atoms with Crippen LogP contribution in [0, 0.1) is 11.3 Å². The predicted octanol–water partition coefficient (Wildman–Crippen LogP) is 0.195. The van der Waals surface area contributed by atoms with Crippen LogP contribution >= 0.6 is 0 Å². The number of aromatic nitrogens is 3. The summed E-state index contributed by atoms with van der Waals surface area (Å²) in [6, 6.07) is 5.18. The number of nitriles is 1. The third kappa shape index (κ3) is 6.28. The molecule has 2 aromatic rings. The average molecular weight is 600 g/mol. The van der Waals surface area contributed by atoms with Gasteiger partial charge in [0.15, 0.2) is 18.0 Å². The Kier molecular flexibility index (Phi) is 8.67. The molecule has 0 aliphatic carbocycles. The highest BCUT2D eigenvalue weighted by Crippen LogP contribution is 2.44. The Morgan fingerprint density at radius 3 is 2.50 bits per heavy atom. The number of halogens is 3. The number of rotatable bonds is 4. The van der Waals surface area contributed by atoms with Gasteiger partial charge in [-0.2, -0.15) is 23.5 Å². The number of anilines is 1. The van der Waals surface area contributed by atoms with E-state index in [4.69, 9.17) is 39.3 Å². The molecule has 3 fully saturated rings. The molecule has 2 aromatic heterocycles. The van der Waals surface area contributed by atoms with Gasteiger partial charge in [0.05, 0.1) is 5.69 Å². The molecule has 0 amide bonds. The summed E-state index contributed by atoms with van der Waals surface area (Å²) in [5, 5.41) is 24.6. The fourth-order valence-corrected chi connectivity index (χ4v) is 4.26. The maximum atomic E-state index is 12.5. The van der Waals surface area contributed by atoms with Crippen molar-refractivity contribution in [3.8, 4) is 6.07 Å². The normalized spacial score (nSPS) is 26.0. The van der Waals surface area contributed by atoms with Gasteiger partial charge < -0.3 is 39.8 Å². The number of nitrogens with zero attached hydrogens (tertiary/aromatic N) is 4. The first-order chi connectivity index (χ1) is 19.9. The zero-order valence-electron chi connectivity index (χ0n) is 21.4. The Bertz CT molecular complexity index is 1410. The zero-order chi connectivity index (χ0) is 30.7. The second kappa shape index (κ2) is 12.0. The molecule has 0 aromatic carbocycles. The molecule has 226 valence electrons. The van der Waals surface area contributed by atoms with Crippen molar-refractivity contribution in [1.29, 1.82) is 5.26 Å². The molecule has 0 spiro atoms. The molecule has 4 atom stereocenters. The number of carboxylic acids is 1. The standard InChI is InChI=1S/C21H22N6O8.C2HF3O2/c22-9-21(14-5-4-12-19(23)25-10-26-27(12)14)18-17(33-15(28)2-1-3-16(29)34-18)13(35-21)8-31-20(30)32-11-6-24-7-11;3-2(4,5)1(6)7/h4-5,10-11,13,17-18,24H,1-3,6-8H2,(H2,23,25,26);(H,6,7)/t13-,17-,18-,21+;/m1./s1. The zero-order valence-corrected chi connectivity index (χ0v) is 21.4. The third-order valence-corrected chi connectivity index (χ3v) is 6.33. The van der Waals surface area contributed by atoms with Crippen molar-refractivity contribution in [2.24, 2.45) is 0 Å². The molecule has 5 rings (SSSR count). The highest BCUT2D eigenvalue weighted by molar-refractivity contribution is 5.74. The SMILES string of the molecule is N#C[C@@]1(c2ccc3c(N)ncnn23)O[C@H](COC(=O)OC2CNC2)[C@H]2OC(=O)CCCC(=O)O[C@H]21.O=C(O)C(F)(F)F. The van der Waals surface area contributed by atoms with Crippen molar-refractivity contribution in [3.05, 3.63) is 24.2 Å². The Hall–Kier alpha value is -4.70. The van der Waals surface area contributed by atoms with Crippen LogP contribution in [0.1, 0.15) is 25.0 Å². The summed E-state index contributed by atoms with van der Waals surface area (Å²) in [7, 11) is 0. The number of carbonyl (C=O) groups excluding carboxylic acids is 3. The Morgan fingerprint density at radius 1 is 1.24 bits per heavy atom. The maximum Gasteiger partial charge on any atom is 0.508 e. The quantitative estimate of drug-likeness (QED) is 0.314. The van der Waals surface area contributed by atoms with Crippen molar-refractivity contribution in [2.45, 2.75) is 55.5 Å². The molecule has 0 radical (unpaired) electrons. The van der Waals surface area contributed by atoms with Crippen LogP contribution in [-0.4, -0.2) is 94.1 Å². The number of carbonyl (C=O) groups is 4. The fourth-order valence-electron chi connectivity index (χ4n) is 4.26. The number of carboxylic acid groups (broad SMARTS) is 1. The lowest BCUT2D eigenvalue weighted by Crippen LogP contribution is -2.49. The smallest absolute Gasteiger partial charge is 0.475 e. The van der Waals surface area contributed by atoms with Crippen LogP contribution in [0.3, 0.4) is 0 Å². The minimum Gasteiger partial charge on any atom is -0.475 e. The van der Waals surface area contributed by atoms with Crippen molar-refractivity contribution >= 4 is 35.4 Å². The molecule has 3 aliphatic rings. The summed E-state index contributed by atoms with van der Waals surface area (Å²) < 4.78 is 60.8. The molecule has 4 N–H and O–H groups in total. The molecule has 0 unspecified atom stereocenters. The lowest BCUT2D eigenvalue weighted by atomic mass is 9.92. The second-order valence-corrected chi connectivity index (χ2v) is 9.15. The van der Waals surface area contributed by atoms with Crippen molar-refractivity contribution in [1.82, 2.24) is 19.9 Å². The van der Waals surface area contributed by atoms with E-state index < -0.39 is 60.8 Å². The maximum absolute atomic E-state index is 12.5. The molecule has 0 saturated carbocycles. The van der Waals surface area contributed by atoms with E-state index in [1.165, 1.54) is 16.9 Å². The minimum atomic E-state index is -5.08. The molecule has 5 heterocycles. The van der Waals surface area contributed by atoms with E-state index in [1.54, 1.807) is 6.07 Å². The number of nitrogens with two attached hydrogens (primary N) is 1. The van der Waals surface area contributed by atoms with Crippen LogP contribution in [0.15, 0.2) is 18.5 Å². The van der Waals surface area contributed by atoms with Crippen LogP contribution in [0.5, 0.6) is 0 Å². The third-order valence-electron chi connectivity index (χ3n) is 6.33. The molecule has 0 bridgehead atoms. The molecule has 16 nitrogen and oxygen atoms in total. The Labute approximate surface area is 233 Å². The molecule has 42 heavy (non-hydrogen) atoms. The lowest BCUT2D eigenvalue weighted by Gasteiger charge is -2.28. The number of fused-ring (bicyclic) bond motifs is 2. The van der Waals surface area contributed by atoms with E-state index in [2.05, 4.69) is 21.5 Å². The number of esters is 2. The number of ether oxygens (including phenoxy) is 5. The Morgan fingerprint density at radius 2 is 1.90 bits per heavy atom. The van der Waals surface area contributed by atoms with E-state index >= 15 is 0 Å². The van der Waals surface area contributed by atoms with Gasteiger partial charge in [-0.1, -0.05) is 0 Å². The first-order valence-corrected chi connectivity index (χ1v) is 12.3. The highest BCUT2D eigenvalue weighted by atomic mass is 19.4. The summed E-state index contributed by atoms with van der Waals surface area (Å²) in [5.74, 6) is -3.84. The predicted molar refractivity (Wildman–Crippen MR) is 126 cm³/mol. The van der Waals surface area contributed by atoms with E-state index in [9.17, 15) is 32.8 Å². The van der Waals surface area contributed by atoms with Gasteiger partial charge in [-0.15, -0.1) is 0 Å². The van der Waals surface area contributed by atoms with E-state index in [-0.39, 0.29) is 36.9 Å². The topological polar surface area (TPSA) is 227 Å². The number of hydrogen-bond acceptors (Lipinski definition) is 14. The summed E-state index contributed by atoms with van der Waals surface area (Å²) in [5.41, 5.74) is 4.53. The molecule has 3 saturated heterocycles. The number of aliphatic carboxylic acids is 1. The van der Waals surface area contributed by atoms with Gasteiger partial charge in [0.25, 0.3) is 0 Å². The second-order valence-electron chi connectivity index (χ2n) is 9.15. The van der Waals surface area contributed by atoms with Crippen LogP contribution in [0.4, 0.5) is 23.8 Å². The number of hydrogen-bond donors (Lipinski definition) is 3. The molecule has 19 heteroatoms. The van der Waals surface area contributed by atoms with Crippen LogP contribution < -0.4 is 11.1 Å². The molecule has 3 aliphatic heterocycles. The van der Waals surface area contributed by atoms with Gasteiger partial charge in [-0.25, -0.2) is 19.1 Å². The van der Waals surface area contributed by atoms with Crippen LogP contribution in [0.25, 0.3) is 5.52 Å². The Balaban J connectivity index is 0.000000517. The largest absolute Gasteiger partial charge is 0.508 e. The lowest BCUT2D eigenvalue weighted by molar-refractivity contribution is -0.192. The monoisotopic (exact) mass is 600 g/mol. The van der Waals surface area contributed by atoms with Gasteiger partial charge in [-0.05, 0) is 18.6 Å². The summed E-state index contributed by atoms with van der Waals surface area (Å²) in [6.07, 6.45) is -8.75.